The molecule has 2 aliphatic rings. The maximum atomic E-state index is 12.0. The van der Waals surface area contributed by atoms with E-state index in [1.165, 1.54) is 0 Å². The fraction of sp³-hybridized carbons (Fsp3) is 0.429. The van der Waals surface area contributed by atoms with Crippen molar-refractivity contribution in [2.24, 2.45) is 5.92 Å². The van der Waals surface area contributed by atoms with E-state index in [9.17, 15) is 9.59 Å². The van der Waals surface area contributed by atoms with E-state index in [-0.39, 0.29) is 17.9 Å². The molecular weight excluding hydrogens is 228 g/mol. The normalized spacial score (nSPS) is 27.6. The van der Waals surface area contributed by atoms with Crippen LogP contribution in [0, 0.1) is 5.92 Å². The van der Waals surface area contributed by atoms with Crippen LogP contribution in [0.3, 0.4) is 0 Å². The van der Waals surface area contributed by atoms with Crippen LogP contribution in [-0.2, 0) is 16.0 Å². The molecule has 1 aliphatic heterocycles. The Labute approximate surface area is 106 Å². The monoisotopic (exact) mass is 244 g/mol. The molecule has 1 saturated heterocycles. The van der Waals surface area contributed by atoms with Gasteiger partial charge in [-0.05, 0) is 24.3 Å². The largest absolute Gasteiger partial charge is 0.342 e. The molecule has 0 bridgehead atoms. The second-order valence-electron chi connectivity index (χ2n) is 5.07. The summed E-state index contributed by atoms with van der Waals surface area (Å²) in [4.78, 5) is 23.9. The van der Waals surface area contributed by atoms with Gasteiger partial charge in [-0.25, -0.2) is 0 Å². The first-order chi connectivity index (χ1) is 8.74. The molecule has 4 heteroatoms. The van der Waals surface area contributed by atoms with Crippen molar-refractivity contribution in [2.75, 3.05) is 0 Å². The molecule has 2 N–H and O–H groups in total. The standard InChI is InChI=1S/C14H16N2O2/c17-13-11(8-9-4-2-1-3-5-9)15-14(18)12(16-13)10-6-7-10/h1-5,10-12H,6-8H2,(H,15,18)(H,16,17). The fourth-order valence-corrected chi connectivity index (χ4v) is 2.40. The van der Waals surface area contributed by atoms with Gasteiger partial charge >= 0.3 is 0 Å². The minimum absolute atomic E-state index is 0.0296. The van der Waals surface area contributed by atoms with Crippen molar-refractivity contribution >= 4 is 11.8 Å². The van der Waals surface area contributed by atoms with Gasteiger partial charge in [0.05, 0.1) is 0 Å². The first kappa shape index (κ1) is 11.3. The number of carbonyl (C=O) groups is 2. The Hall–Kier alpha value is -1.84. The maximum absolute atomic E-state index is 12.0. The number of piperazine rings is 1. The van der Waals surface area contributed by atoms with Gasteiger partial charge in [0, 0.05) is 6.42 Å². The minimum Gasteiger partial charge on any atom is -0.342 e. The molecule has 2 unspecified atom stereocenters. The molecule has 2 fully saturated rings. The SMILES string of the molecule is O=C1NC(C2CC2)C(=O)NC1Cc1ccccc1. The zero-order chi connectivity index (χ0) is 12.5. The van der Waals surface area contributed by atoms with Gasteiger partial charge < -0.3 is 10.6 Å². The van der Waals surface area contributed by atoms with E-state index < -0.39 is 6.04 Å². The van der Waals surface area contributed by atoms with E-state index in [4.69, 9.17) is 0 Å². The predicted molar refractivity (Wildman–Crippen MR) is 66.7 cm³/mol. The summed E-state index contributed by atoms with van der Waals surface area (Å²) in [7, 11) is 0. The van der Waals surface area contributed by atoms with Gasteiger partial charge in [0.25, 0.3) is 0 Å². The van der Waals surface area contributed by atoms with E-state index in [0.717, 1.165) is 18.4 Å². The van der Waals surface area contributed by atoms with Crippen LogP contribution in [0.15, 0.2) is 30.3 Å². The number of amides is 2. The smallest absolute Gasteiger partial charge is 0.243 e. The minimum atomic E-state index is -0.435. The van der Waals surface area contributed by atoms with Gasteiger partial charge in [0.1, 0.15) is 12.1 Å². The fourth-order valence-electron chi connectivity index (χ4n) is 2.40. The van der Waals surface area contributed by atoms with Gasteiger partial charge in [-0.15, -0.1) is 0 Å². The molecule has 0 radical (unpaired) electrons. The number of carbonyl (C=O) groups excluding carboxylic acids is 2. The van der Waals surface area contributed by atoms with Gasteiger partial charge in [-0.3, -0.25) is 9.59 Å². The summed E-state index contributed by atoms with van der Waals surface area (Å²) in [6.07, 6.45) is 2.64. The highest BCUT2D eigenvalue weighted by molar-refractivity contribution is 5.97. The molecule has 1 aliphatic carbocycles. The van der Waals surface area contributed by atoms with Crippen LogP contribution >= 0.6 is 0 Å². The second kappa shape index (κ2) is 4.44. The Kier molecular flexibility index (Phi) is 2.78. The maximum Gasteiger partial charge on any atom is 0.243 e. The zero-order valence-electron chi connectivity index (χ0n) is 10.1. The third-order valence-corrected chi connectivity index (χ3v) is 3.59. The summed E-state index contributed by atoms with van der Waals surface area (Å²) in [6.45, 7) is 0. The second-order valence-corrected chi connectivity index (χ2v) is 5.07. The lowest BCUT2D eigenvalue weighted by molar-refractivity contribution is -0.137. The summed E-state index contributed by atoms with van der Waals surface area (Å²) in [5.74, 6) is 0.264. The topological polar surface area (TPSA) is 58.2 Å². The molecule has 3 rings (SSSR count). The Balaban J connectivity index is 1.67. The van der Waals surface area contributed by atoms with Crippen LogP contribution in [0.25, 0.3) is 0 Å². The average Bonchev–Trinajstić information content (AvgIpc) is 3.19. The lowest BCUT2D eigenvalue weighted by Crippen LogP contribution is -2.63. The number of hydrogen-bond donors (Lipinski definition) is 2. The lowest BCUT2D eigenvalue weighted by Gasteiger charge is -2.29. The molecule has 1 heterocycles. The molecule has 4 nitrogen and oxygen atoms in total. The number of nitrogens with one attached hydrogen (secondary N) is 2. The van der Waals surface area contributed by atoms with E-state index in [1.54, 1.807) is 0 Å². The van der Waals surface area contributed by atoms with Crippen LogP contribution in [0.1, 0.15) is 18.4 Å². The van der Waals surface area contributed by atoms with Gasteiger partial charge in [0.2, 0.25) is 11.8 Å². The van der Waals surface area contributed by atoms with E-state index in [2.05, 4.69) is 10.6 Å². The van der Waals surface area contributed by atoms with Crippen molar-refractivity contribution in [1.82, 2.24) is 10.6 Å². The number of benzene rings is 1. The Bertz CT molecular complexity index is 468. The van der Waals surface area contributed by atoms with Crippen LogP contribution in [0.2, 0.25) is 0 Å². The van der Waals surface area contributed by atoms with E-state index in [1.807, 2.05) is 30.3 Å². The average molecular weight is 244 g/mol. The Morgan fingerprint density at radius 1 is 1.00 bits per heavy atom. The molecule has 94 valence electrons. The molecule has 1 saturated carbocycles. The first-order valence-electron chi connectivity index (χ1n) is 6.39. The summed E-state index contributed by atoms with van der Waals surface area (Å²) < 4.78 is 0. The van der Waals surface area contributed by atoms with Crippen LogP contribution in [-0.4, -0.2) is 23.9 Å². The van der Waals surface area contributed by atoms with Crippen molar-refractivity contribution in [1.29, 1.82) is 0 Å². The molecule has 1 aromatic carbocycles. The van der Waals surface area contributed by atoms with Gasteiger partial charge in [-0.2, -0.15) is 0 Å². The zero-order valence-corrected chi connectivity index (χ0v) is 10.1. The highest BCUT2D eigenvalue weighted by Gasteiger charge is 2.42. The molecule has 0 aromatic heterocycles. The molecule has 18 heavy (non-hydrogen) atoms. The van der Waals surface area contributed by atoms with Crippen molar-refractivity contribution < 1.29 is 9.59 Å². The molecular formula is C14H16N2O2. The van der Waals surface area contributed by atoms with Crippen LogP contribution < -0.4 is 10.6 Å². The third kappa shape index (κ3) is 2.23. The highest BCUT2D eigenvalue weighted by Crippen LogP contribution is 2.33. The summed E-state index contributed by atoms with van der Waals surface area (Å²) >= 11 is 0. The van der Waals surface area contributed by atoms with Crippen molar-refractivity contribution in [3.05, 3.63) is 35.9 Å². The third-order valence-electron chi connectivity index (χ3n) is 3.59. The van der Waals surface area contributed by atoms with Crippen molar-refractivity contribution in [2.45, 2.75) is 31.3 Å². The molecule has 2 atom stereocenters. The molecule has 1 aromatic rings. The summed E-state index contributed by atoms with van der Waals surface area (Å²) in [5.41, 5.74) is 1.06. The van der Waals surface area contributed by atoms with Crippen molar-refractivity contribution in [3.8, 4) is 0 Å². The molecule has 2 amide bonds. The Morgan fingerprint density at radius 2 is 1.72 bits per heavy atom. The van der Waals surface area contributed by atoms with E-state index in [0.29, 0.717) is 12.3 Å². The summed E-state index contributed by atoms with van der Waals surface area (Å²) in [5, 5.41) is 5.68. The number of hydrogen-bond acceptors (Lipinski definition) is 2. The van der Waals surface area contributed by atoms with Crippen LogP contribution in [0.4, 0.5) is 0 Å². The van der Waals surface area contributed by atoms with Gasteiger partial charge in [0.15, 0.2) is 0 Å². The quantitative estimate of drug-likeness (QED) is 0.819. The first-order valence-corrected chi connectivity index (χ1v) is 6.39. The van der Waals surface area contributed by atoms with Gasteiger partial charge in [-0.1, -0.05) is 30.3 Å². The molecule has 0 spiro atoms. The van der Waals surface area contributed by atoms with Crippen molar-refractivity contribution in [3.63, 3.8) is 0 Å². The summed E-state index contributed by atoms with van der Waals surface area (Å²) in [6, 6.07) is 9.00. The lowest BCUT2D eigenvalue weighted by atomic mass is 10.0. The highest BCUT2D eigenvalue weighted by atomic mass is 16.2. The predicted octanol–water partition coefficient (Wildman–Crippen LogP) is 0.622. The van der Waals surface area contributed by atoms with Crippen LogP contribution in [0.5, 0.6) is 0 Å². The number of rotatable bonds is 3. The Morgan fingerprint density at radius 3 is 2.39 bits per heavy atom. The van der Waals surface area contributed by atoms with E-state index >= 15 is 0 Å².